The van der Waals surface area contributed by atoms with E-state index in [0.29, 0.717) is 36.4 Å². The van der Waals surface area contributed by atoms with Crippen molar-refractivity contribution >= 4 is 17.6 Å². The van der Waals surface area contributed by atoms with Crippen LogP contribution in [-0.2, 0) is 6.54 Å². The van der Waals surface area contributed by atoms with E-state index in [9.17, 15) is 4.79 Å². The highest BCUT2D eigenvalue weighted by Gasteiger charge is 2.27. The Hall–Kier alpha value is -2.54. The number of nitrogens with zero attached hydrogens (tertiary/aromatic N) is 3. The molecule has 1 saturated heterocycles. The molecule has 1 fully saturated rings. The lowest BCUT2D eigenvalue weighted by atomic mass is 10.2. The summed E-state index contributed by atoms with van der Waals surface area (Å²) in [4.78, 5) is 14.0. The first-order valence-corrected chi connectivity index (χ1v) is 8.33. The molecule has 132 valence electrons. The van der Waals surface area contributed by atoms with Crippen molar-refractivity contribution in [2.75, 3.05) is 20.2 Å². The first-order chi connectivity index (χ1) is 12.1. The van der Waals surface area contributed by atoms with E-state index in [1.54, 1.807) is 29.2 Å². The van der Waals surface area contributed by atoms with E-state index in [0.717, 1.165) is 12.0 Å². The van der Waals surface area contributed by atoms with Crippen LogP contribution in [0.2, 0.25) is 5.02 Å². The molecule has 25 heavy (non-hydrogen) atoms. The number of amides is 2. The van der Waals surface area contributed by atoms with E-state index in [1.807, 2.05) is 12.1 Å². The zero-order chi connectivity index (χ0) is 17.6. The van der Waals surface area contributed by atoms with E-state index in [1.165, 1.54) is 7.11 Å². The molecule has 2 amide bonds. The molecule has 1 aliphatic rings. The number of carbonyl (C=O) groups excluding carboxylic acids is 1. The number of nitrogens with one attached hydrogen (secondary N) is 1. The van der Waals surface area contributed by atoms with Crippen molar-refractivity contribution in [2.24, 2.45) is 0 Å². The fraction of sp³-hybridized carbons (Fsp3) is 0.353. The molecule has 1 aliphatic heterocycles. The highest BCUT2D eigenvalue weighted by Crippen LogP contribution is 2.17. The van der Waals surface area contributed by atoms with Gasteiger partial charge in [0.2, 0.25) is 11.8 Å². The SMILES string of the molecule is COc1ccc(OC2CCN(C(=O)NCc3ccc(Cl)cc3)C2)nn1. The first-order valence-electron chi connectivity index (χ1n) is 7.95. The number of carbonyl (C=O) groups is 1. The molecule has 0 bridgehead atoms. The lowest BCUT2D eigenvalue weighted by Gasteiger charge is -2.17. The van der Waals surface area contributed by atoms with Gasteiger partial charge in [0.05, 0.1) is 13.7 Å². The van der Waals surface area contributed by atoms with Gasteiger partial charge < -0.3 is 19.7 Å². The first kappa shape index (κ1) is 17.3. The molecule has 0 radical (unpaired) electrons. The van der Waals surface area contributed by atoms with Gasteiger partial charge in [0, 0.05) is 36.7 Å². The normalized spacial score (nSPS) is 16.6. The van der Waals surface area contributed by atoms with Crippen LogP contribution in [-0.4, -0.2) is 47.4 Å². The Morgan fingerprint density at radius 3 is 2.64 bits per heavy atom. The van der Waals surface area contributed by atoms with Crippen molar-refractivity contribution in [1.29, 1.82) is 0 Å². The second-order valence-electron chi connectivity index (χ2n) is 5.67. The van der Waals surface area contributed by atoms with E-state index in [2.05, 4.69) is 15.5 Å². The van der Waals surface area contributed by atoms with Gasteiger partial charge in [-0.3, -0.25) is 0 Å². The lowest BCUT2D eigenvalue weighted by Crippen LogP contribution is -2.39. The highest BCUT2D eigenvalue weighted by atomic mass is 35.5. The van der Waals surface area contributed by atoms with Crippen molar-refractivity contribution in [3.63, 3.8) is 0 Å². The van der Waals surface area contributed by atoms with Crippen molar-refractivity contribution in [1.82, 2.24) is 20.4 Å². The van der Waals surface area contributed by atoms with Crippen LogP contribution in [0, 0.1) is 0 Å². The number of aromatic nitrogens is 2. The molecule has 8 heteroatoms. The van der Waals surface area contributed by atoms with Crippen molar-refractivity contribution in [3.8, 4) is 11.8 Å². The fourth-order valence-electron chi connectivity index (χ4n) is 2.55. The maximum Gasteiger partial charge on any atom is 0.317 e. The van der Waals surface area contributed by atoms with Crippen molar-refractivity contribution < 1.29 is 14.3 Å². The largest absolute Gasteiger partial charge is 0.480 e. The van der Waals surface area contributed by atoms with Crippen LogP contribution in [0.25, 0.3) is 0 Å². The molecule has 0 aliphatic carbocycles. The zero-order valence-electron chi connectivity index (χ0n) is 13.8. The Morgan fingerprint density at radius 2 is 1.96 bits per heavy atom. The van der Waals surface area contributed by atoms with Crippen molar-refractivity contribution in [3.05, 3.63) is 47.0 Å². The molecule has 0 saturated carbocycles. The third-order valence-electron chi connectivity index (χ3n) is 3.90. The smallest absolute Gasteiger partial charge is 0.317 e. The zero-order valence-corrected chi connectivity index (χ0v) is 14.6. The Balaban J connectivity index is 1.46. The number of rotatable bonds is 5. The lowest BCUT2D eigenvalue weighted by molar-refractivity contribution is 0.181. The van der Waals surface area contributed by atoms with Gasteiger partial charge in [0.1, 0.15) is 6.10 Å². The Kier molecular flexibility index (Phi) is 5.55. The fourth-order valence-corrected chi connectivity index (χ4v) is 2.68. The molecule has 3 rings (SSSR count). The molecule has 1 unspecified atom stereocenters. The van der Waals surface area contributed by atoms with Crippen LogP contribution in [0.4, 0.5) is 4.79 Å². The molecule has 1 atom stereocenters. The summed E-state index contributed by atoms with van der Waals surface area (Å²) >= 11 is 5.85. The minimum Gasteiger partial charge on any atom is -0.480 e. The van der Waals surface area contributed by atoms with Gasteiger partial charge in [0.25, 0.3) is 0 Å². The summed E-state index contributed by atoms with van der Waals surface area (Å²) < 4.78 is 10.7. The second kappa shape index (κ2) is 8.02. The quantitative estimate of drug-likeness (QED) is 0.884. The number of hydrogen-bond acceptors (Lipinski definition) is 5. The van der Waals surface area contributed by atoms with Crippen LogP contribution >= 0.6 is 11.6 Å². The summed E-state index contributed by atoms with van der Waals surface area (Å²) in [6.45, 7) is 1.61. The average molecular weight is 363 g/mol. The van der Waals surface area contributed by atoms with E-state index < -0.39 is 0 Å². The van der Waals surface area contributed by atoms with Gasteiger partial charge in [-0.25, -0.2) is 4.79 Å². The van der Waals surface area contributed by atoms with Gasteiger partial charge in [-0.1, -0.05) is 23.7 Å². The number of hydrogen-bond donors (Lipinski definition) is 1. The molecule has 0 spiro atoms. The predicted octanol–water partition coefficient (Wildman–Crippen LogP) is 2.50. The summed E-state index contributed by atoms with van der Waals surface area (Å²) in [5.41, 5.74) is 0.998. The topological polar surface area (TPSA) is 76.6 Å². The molecule has 1 aromatic carbocycles. The number of methoxy groups -OCH3 is 1. The highest BCUT2D eigenvalue weighted by molar-refractivity contribution is 6.30. The van der Waals surface area contributed by atoms with Gasteiger partial charge in [-0.05, 0) is 17.7 Å². The maximum atomic E-state index is 12.3. The van der Waals surface area contributed by atoms with Crippen LogP contribution in [0.5, 0.6) is 11.8 Å². The molecular weight excluding hydrogens is 344 g/mol. The Morgan fingerprint density at radius 1 is 1.24 bits per heavy atom. The molecule has 1 aromatic heterocycles. The minimum absolute atomic E-state index is 0.0935. The number of ether oxygens (including phenoxy) is 2. The van der Waals surface area contributed by atoms with Crippen LogP contribution in [0.1, 0.15) is 12.0 Å². The predicted molar refractivity (Wildman–Crippen MR) is 92.9 cm³/mol. The van der Waals surface area contributed by atoms with Gasteiger partial charge in [-0.15, -0.1) is 10.2 Å². The van der Waals surface area contributed by atoms with Crippen LogP contribution < -0.4 is 14.8 Å². The average Bonchev–Trinajstić information content (AvgIpc) is 3.10. The minimum atomic E-state index is -0.109. The number of benzene rings is 1. The van der Waals surface area contributed by atoms with Crippen LogP contribution in [0.3, 0.4) is 0 Å². The Labute approximate surface area is 150 Å². The monoisotopic (exact) mass is 362 g/mol. The third kappa shape index (κ3) is 4.73. The van der Waals surface area contributed by atoms with Gasteiger partial charge in [0.15, 0.2) is 0 Å². The standard InChI is InChI=1S/C17H19ClN4O3/c1-24-15-6-7-16(21-20-15)25-14-8-9-22(11-14)17(23)19-10-12-2-4-13(18)5-3-12/h2-7,14H,8-11H2,1H3,(H,19,23). The van der Waals surface area contributed by atoms with Crippen molar-refractivity contribution in [2.45, 2.75) is 19.1 Å². The number of urea groups is 1. The summed E-state index contributed by atoms with van der Waals surface area (Å²) in [6, 6.07) is 10.7. The summed E-state index contributed by atoms with van der Waals surface area (Å²) in [5.74, 6) is 0.858. The summed E-state index contributed by atoms with van der Waals surface area (Å²) in [7, 11) is 1.53. The van der Waals surface area contributed by atoms with Gasteiger partial charge >= 0.3 is 6.03 Å². The maximum absolute atomic E-state index is 12.3. The van der Waals surface area contributed by atoms with E-state index >= 15 is 0 Å². The molecular formula is C17H19ClN4O3. The van der Waals surface area contributed by atoms with Gasteiger partial charge in [-0.2, -0.15) is 0 Å². The molecule has 2 heterocycles. The molecule has 1 N–H and O–H groups in total. The van der Waals surface area contributed by atoms with Crippen LogP contribution in [0.15, 0.2) is 36.4 Å². The number of halogens is 1. The van der Waals surface area contributed by atoms with E-state index in [-0.39, 0.29) is 12.1 Å². The van der Waals surface area contributed by atoms with E-state index in [4.69, 9.17) is 21.1 Å². The molecule has 2 aromatic rings. The third-order valence-corrected chi connectivity index (χ3v) is 4.15. The second-order valence-corrected chi connectivity index (χ2v) is 6.11. The number of likely N-dealkylation sites (tertiary alicyclic amines) is 1. The summed E-state index contributed by atoms with van der Waals surface area (Å²) in [5, 5.41) is 11.4. The Bertz CT molecular complexity index is 709. The molecule has 7 nitrogen and oxygen atoms in total. The summed E-state index contributed by atoms with van der Waals surface area (Å²) in [6.07, 6.45) is 0.659.